The van der Waals surface area contributed by atoms with E-state index in [1.54, 1.807) is 36.6 Å². The molecule has 1 aliphatic carbocycles. The van der Waals surface area contributed by atoms with Crippen molar-refractivity contribution >= 4 is 16.7 Å². The predicted octanol–water partition coefficient (Wildman–Crippen LogP) is 5.04. The molecule has 3 atom stereocenters. The maximum Gasteiger partial charge on any atom is 0.249 e. The Bertz CT molecular complexity index is 1280. The molecule has 3 unspecified atom stereocenters. The fraction of sp³-hybridized carbons (Fsp3) is 0.320. The van der Waals surface area contributed by atoms with E-state index in [0.717, 1.165) is 0 Å². The number of amides is 1. The quantitative estimate of drug-likeness (QED) is 0.477. The second-order valence-corrected chi connectivity index (χ2v) is 9.79. The van der Waals surface area contributed by atoms with Crippen molar-refractivity contribution in [3.8, 4) is 28.8 Å². The SMILES string of the molecule is CS(=O)c1ccc(-c2oc(-c3ccc(F)cc3)nc2C2CCC(F)(F)CC2C(=O)NCC#N)cc1. The number of rotatable bonds is 6. The van der Waals surface area contributed by atoms with Gasteiger partial charge in [0.05, 0.1) is 17.7 Å². The van der Waals surface area contributed by atoms with Gasteiger partial charge in [-0.3, -0.25) is 9.00 Å². The number of halogens is 3. The van der Waals surface area contributed by atoms with Gasteiger partial charge >= 0.3 is 0 Å². The van der Waals surface area contributed by atoms with Crippen LogP contribution in [0.5, 0.6) is 0 Å². The number of oxazole rings is 1. The van der Waals surface area contributed by atoms with Crippen LogP contribution in [-0.4, -0.2) is 33.8 Å². The maximum absolute atomic E-state index is 14.3. The van der Waals surface area contributed by atoms with E-state index in [0.29, 0.717) is 27.5 Å². The third kappa shape index (κ3) is 5.46. The monoisotopic (exact) mass is 501 g/mol. The van der Waals surface area contributed by atoms with Crippen LogP contribution in [0.1, 0.15) is 30.9 Å². The first-order valence-electron chi connectivity index (χ1n) is 10.9. The van der Waals surface area contributed by atoms with Crippen LogP contribution in [0.2, 0.25) is 0 Å². The van der Waals surface area contributed by atoms with Crippen LogP contribution >= 0.6 is 0 Å². The van der Waals surface area contributed by atoms with Gasteiger partial charge in [-0.1, -0.05) is 0 Å². The van der Waals surface area contributed by atoms with Crippen LogP contribution in [-0.2, 0) is 15.6 Å². The van der Waals surface area contributed by atoms with Crippen molar-refractivity contribution in [1.82, 2.24) is 10.3 Å². The van der Waals surface area contributed by atoms with Crippen molar-refractivity contribution in [2.45, 2.75) is 36.0 Å². The highest BCUT2D eigenvalue weighted by Gasteiger charge is 2.47. The Balaban J connectivity index is 1.81. The van der Waals surface area contributed by atoms with E-state index in [1.807, 2.05) is 0 Å². The standard InChI is InChI=1S/C25H22F3N3O3S/c1-35(33)18-8-4-15(5-9-18)22-21(31-24(34-22)16-2-6-17(26)7-3-16)19-10-11-25(27,28)14-20(19)23(32)30-13-12-29/h2-9,19-20H,10-11,13-14H2,1H3,(H,30,32). The van der Waals surface area contributed by atoms with Crippen molar-refractivity contribution in [3.05, 3.63) is 60.0 Å². The summed E-state index contributed by atoms with van der Waals surface area (Å²) in [6.07, 6.45) is 0.428. The molecule has 1 heterocycles. The Hall–Kier alpha value is -3.45. The number of hydrogen-bond donors (Lipinski definition) is 1. The lowest BCUT2D eigenvalue weighted by Crippen LogP contribution is -2.41. The van der Waals surface area contributed by atoms with Gasteiger partial charge < -0.3 is 9.73 Å². The highest BCUT2D eigenvalue weighted by atomic mass is 32.2. The zero-order valence-electron chi connectivity index (χ0n) is 18.8. The summed E-state index contributed by atoms with van der Waals surface area (Å²) in [6.45, 7) is -0.296. The maximum atomic E-state index is 14.3. The Kier molecular flexibility index (Phi) is 7.08. The van der Waals surface area contributed by atoms with Gasteiger partial charge in [-0.2, -0.15) is 5.26 Å². The van der Waals surface area contributed by atoms with Crippen LogP contribution in [0, 0.1) is 23.1 Å². The highest BCUT2D eigenvalue weighted by molar-refractivity contribution is 7.84. The van der Waals surface area contributed by atoms with Gasteiger partial charge in [0, 0.05) is 51.8 Å². The Labute approximate surface area is 202 Å². The molecule has 1 aliphatic rings. The van der Waals surface area contributed by atoms with E-state index < -0.39 is 53.1 Å². The van der Waals surface area contributed by atoms with Crippen LogP contribution in [0.15, 0.2) is 57.8 Å². The van der Waals surface area contributed by atoms with Crippen molar-refractivity contribution in [1.29, 1.82) is 5.26 Å². The van der Waals surface area contributed by atoms with Gasteiger partial charge in [-0.25, -0.2) is 18.2 Å². The normalized spacial score (nSPS) is 20.1. The van der Waals surface area contributed by atoms with E-state index in [2.05, 4.69) is 10.3 Å². The molecule has 1 saturated carbocycles. The number of nitriles is 1. The van der Waals surface area contributed by atoms with Gasteiger partial charge in [0.15, 0.2) is 5.76 Å². The Morgan fingerprint density at radius 2 is 1.86 bits per heavy atom. The molecule has 4 rings (SSSR count). The molecule has 1 amide bonds. The Morgan fingerprint density at radius 1 is 1.20 bits per heavy atom. The summed E-state index contributed by atoms with van der Waals surface area (Å²) in [7, 11) is -1.20. The van der Waals surface area contributed by atoms with E-state index in [9.17, 15) is 22.2 Å². The molecule has 3 aromatic rings. The average molecular weight is 502 g/mol. The predicted molar refractivity (Wildman–Crippen MR) is 123 cm³/mol. The van der Waals surface area contributed by atoms with Crippen LogP contribution in [0.3, 0.4) is 0 Å². The second kappa shape index (κ2) is 10.0. The molecular weight excluding hydrogens is 479 g/mol. The molecule has 0 radical (unpaired) electrons. The number of carbonyl (C=O) groups excluding carboxylic acids is 1. The number of nitrogens with zero attached hydrogens (tertiary/aromatic N) is 2. The van der Waals surface area contributed by atoms with E-state index >= 15 is 0 Å². The molecular formula is C25H22F3N3O3S. The largest absolute Gasteiger partial charge is 0.436 e. The molecule has 2 aromatic carbocycles. The minimum absolute atomic E-state index is 0.0168. The number of carbonyl (C=O) groups is 1. The first kappa shape index (κ1) is 24.7. The lowest BCUT2D eigenvalue weighted by Gasteiger charge is -2.34. The minimum atomic E-state index is -3.03. The second-order valence-electron chi connectivity index (χ2n) is 8.41. The Morgan fingerprint density at radius 3 is 2.49 bits per heavy atom. The zero-order chi connectivity index (χ0) is 25.2. The molecule has 6 nitrogen and oxygen atoms in total. The summed E-state index contributed by atoms with van der Waals surface area (Å²) in [5, 5.41) is 11.2. The molecule has 0 saturated heterocycles. The number of hydrogen-bond acceptors (Lipinski definition) is 5. The third-order valence-corrected chi connectivity index (χ3v) is 6.98. The number of alkyl halides is 2. The first-order valence-corrected chi connectivity index (χ1v) is 12.5. The van der Waals surface area contributed by atoms with Crippen LogP contribution < -0.4 is 5.32 Å². The molecule has 0 spiro atoms. The summed E-state index contributed by atoms with van der Waals surface area (Å²) in [4.78, 5) is 18.0. The van der Waals surface area contributed by atoms with Gasteiger partial charge in [-0.05, 0) is 55.0 Å². The van der Waals surface area contributed by atoms with Gasteiger partial charge in [-0.15, -0.1) is 0 Å². The highest BCUT2D eigenvalue weighted by Crippen LogP contribution is 2.47. The molecule has 35 heavy (non-hydrogen) atoms. The third-order valence-electron chi connectivity index (χ3n) is 6.05. The van der Waals surface area contributed by atoms with Crippen molar-refractivity contribution in [2.24, 2.45) is 5.92 Å². The van der Waals surface area contributed by atoms with Gasteiger partial charge in [0.2, 0.25) is 17.7 Å². The van der Waals surface area contributed by atoms with Crippen molar-refractivity contribution < 1.29 is 26.6 Å². The topological polar surface area (TPSA) is 96.0 Å². The minimum Gasteiger partial charge on any atom is -0.436 e. The molecule has 1 N–H and O–H groups in total. The van der Waals surface area contributed by atoms with Gasteiger partial charge in [0.1, 0.15) is 12.4 Å². The van der Waals surface area contributed by atoms with Crippen molar-refractivity contribution in [3.63, 3.8) is 0 Å². The summed E-state index contributed by atoms with van der Waals surface area (Å²) in [5.41, 5.74) is 1.39. The number of benzene rings is 2. The smallest absolute Gasteiger partial charge is 0.249 e. The molecule has 0 aliphatic heterocycles. The average Bonchev–Trinajstić information content (AvgIpc) is 3.27. The summed E-state index contributed by atoms with van der Waals surface area (Å²) >= 11 is 0. The lowest BCUT2D eigenvalue weighted by molar-refractivity contribution is -0.133. The number of nitrogens with one attached hydrogen (secondary N) is 1. The van der Waals surface area contributed by atoms with Crippen LogP contribution in [0.25, 0.3) is 22.8 Å². The zero-order valence-corrected chi connectivity index (χ0v) is 19.6. The van der Waals surface area contributed by atoms with Gasteiger partial charge in [0.25, 0.3) is 0 Å². The lowest BCUT2D eigenvalue weighted by atomic mass is 9.74. The summed E-state index contributed by atoms with van der Waals surface area (Å²) < 4.78 is 60.0. The fourth-order valence-electron chi connectivity index (χ4n) is 4.30. The molecule has 182 valence electrons. The molecule has 1 fully saturated rings. The van der Waals surface area contributed by atoms with Crippen LogP contribution in [0.4, 0.5) is 13.2 Å². The van der Waals surface area contributed by atoms with E-state index in [4.69, 9.17) is 9.68 Å². The van der Waals surface area contributed by atoms with E-state index in [-0.39, 0.29) is 18.9 Å². The van der Waals surface area contributed by atoms with E-state index in [1.165, 1.54) is 24.3 Å². The summed E-state index contributed by atoms with van der Waals surface area (Å²) in [6, 6.07) is 14.0. The molecule has 10 heteroatoms. The molecule has 1 aromatic heterocycles. The molecule has 0 bridgehead atoms. The first-order chi connectivity index (χ1) is 16.7. The summed E-state index contributed by atoms with van der Waals surface area (Å²) in [5.74, 6) is -5.47. The fourth-order valence-corrected chi connectivity index (χ4v) is 4.82. The number of aromatic nitrogens is 1. The van der Waals surface area contributed by atoms with Crippen molar-refractivity contribution in [2.75, 3.05) is 12.8 Å².